The van der Waals surface area contributed by atoms with Crippen molar-refractivity contribution >= 4 is 39.4 Å². The molecule has 0 spiro atoms. The summed E-state index contributed by atoms with van der Waals surface area (Å²) >= 11 is 7.56. The number of carboxylic acids is 1. The van der Waals surface area contributed by atoms with Crippen molar-refractivity contribution in [3.8, 4) is 0 Å². The number of carbonyl (C=O) groups is 1. The van der Waals surface area contributed by atoms with Crippen molar-refractivity contribution in [2.24, 2.45) is 0 Å². The second-order valence-corrected chi connectivity index (χ2v) is 7.97. The van der Waals surface area contributed by atoms with Gasteiger partial charge in [0.15, 0.2) is 0 Å². The molecule has 1 fully saturated rings. The van der Waals surface area contributed by atoms with E-state index >= 15 is 0 Å². The summed E-state index contributed by atoms with van der Waals surface area (Å²) in [7, 11) is -3.70. The average Bonchev–Trinajstić information content (AvgIpc) is 2.41. The van der Waals surface area contributed by atoms with Gasteiger partial charge in [-0.3, -0.25) is 0 Å². The van der Waals surface area contributed by atoms with Gasteiger partial charge in [0.2, 0.25) is 10.0 Å². The predicted molar refractivity (Wildman–Crippen MR) is 79.2 cm³/mol. The average molecular weight is 336 g/mol. The van der Waals surface area contributed by atoms with E-state index in [4.69, 9.17) is 16.7 Å². The summed E-state index contributed by atoms with van der Waals surface area (Å²) in [5.41, 5.74) is 0.141. The Morgan fingerprint density at radius 1 is 1.35 bits per heavy atom. The maximum Gasteiger partial charge on any atom is 0.336 e. The fourth-order valence-corrected chi connectivity index (χ4v) is 5.20. The number of aromatic carboxylic acids is 1. The molecule has 1 saturated heterocycles. The summed E-state index contributed by atoms with van der Waals surface area (Å²) in [5.74, 6) is 0.297. The smallest absolute Gasteiger partial charge is 0.336 e. The van der Waals surface area contributed by atoms with Crippen LogP contribution in [0.2, 0.25) is 5.02 Å². The number of rotatable bonds is 3. The summed E-state index contributed by atoms with van der Waals surface area (Å²) in [6.45, 7) is 2.36. The van der Waals surface area contributed by atoms with Gasteiger partial charge < -0.3 is 5.11 Å². The molecule has 1 aromatic rings. The number of hydrogen-bond donors (Lipinski definition) is 1. The first kappa shape index (κ1) is 15.6. The molecule has 0 unspecified atom stereocenters. The minimum Gasteiger partial charge on any atom is -0.478 e. The molecule has 2 rings (SSSR count). The standard InChI is InChI=1S/C12H14ClNO4S2/c1-8-10(12(15)16)6-9(13)7-11(8)20(17,18)14-2-4-19-5-3-14/h6-7H,2-5H2,1H3,(H,15,16). The number of sulfonamides is 1. The first-order valence-corrected chi connectivity index (χ1v) is 8.92. The third kappa shape index (κ3) is 2.95. The summed E-state index contributed by atoms with van der Waals surface area (Å²) < 4.78 is 26.6. The first-order valence-electron chi connectivity index (χ1n) is 5.95. The predicted octanol–water partition coefficient (Wildman–Crippen LogP) is 2.08. The lowest BCUT2D eigenvalue weighted by Gasteiger charge is -2.26. The normalized spacial score (nSPS) is 17.1. The van der Waals surface area contributed by atoms with Crippen LogP contribution >= 0.6 is 23.4 Å². The van der Waals surface area contributed by atoms with E-state index in [-0.39, 0.29) is 21.0 Å². The van der Waals surface area contributed by atoms with Crippen LogP contribution in [-0.4, -0.2) is 48.4 Å². The summed E-state index contributed by atoms with van der Waals surface area (Å²) in [6, 6.07) is 2.59. The van der Waals surface area contributed by atoms with E-state index in [1.165, 1.54) is 23.4 Å². The number of halogens is 1. The van der Waals surface area contributed by atoms with Gasteiger partial charge in [-0.1, -0.05) is 11.6 Å². The van der Waals surface area contributed by atoms with Gasteiger partial charge in [-0.15, -0.1) is 0 Å². The third-order valence-corrected chi connectivity index (χ3v) is 6.33. The Kier molecular flexibility index (Phi) is 4.63. The number of thioether (sulfide) groups is 1. The van der Waals surface area contributed by atoms with Crippen LogP contribution in [0.15, 0.2) is 17.0 Å². The van der Waals surface area contributed by atoms with Crippen LogP contribution < -0.4 is 0 Å². The van der Waals surface area contributed by atoms with Crippen molar-refractivity contribution in [1.29, 1.82) is 0 Å². The number of benzene rings is 1. The Morgan fingerprint density at radius 3 is 2.50 bits per heavy atom. The first-order chi connectivity index (χ1) is 9.34. The van der Waals surface area contributed by atoms with Crippen LogP contribution in [0.3, 0.4) is 0 Å². The largest absolute Gasteiger partial charge is 0.478 e. The van der Waals surface area contributed by atoms with Crippen LogP contribution in [0.5, 0.6) is 0 Å². The lowest BCUT2D eigenvalue weighted by molar-refractivity contribution is 0.0696. The highest BCUT2D eigenvalue weighted by atomic mass is 35.5. The zero-order valence-corrected chi connectivity index (χ0v) is 13.2. The van der Waals surface area contributed by atoms with Gasteiger partial charge in [-0.2, -0.15) is 16.1 Å². The van der Waals surface area contributed by atoms with E-state index in [0.29, 0.717) is 13.1 Å². The van der Waals surface area contributed by atoms with Crippen molar-refractivity contribution in [2.75, 3.05) is 24.6 Å². The quantitative estimate of drug-likeness (QED) is 0.915. The maximum absolute atomic E-state index is 12.6. The molecular formula is C12H14ClNO4S2. The molecule has 5 nitrogen and oxygen atoms in total. The van der Waals surface area contributed by atoms with Crippen LogP contribution in [0, 0.1) is 6.92 Å². The molecule has 110 valence electrons. The van der Waals surface area contributed by atoms with Crippen molar-refractivity contribution in [3.05, 3.63) is 28.3 Å². The third-order valence-electron chi connectivity index (χ3n) is 3.14. The van der Waals surface area contributed by atoms with E-state index in [1.807, 2.05) is 0 Å². The summed E-state index contributed by atoms with van der Waals surface area (Å²) in [6.07, 6.45) is 0. The van der Waals surface area contributed by atoms with E-state index < -0.39 is 16.0 Å². The van der Waals surface area contributed by atoms with Crippen molar-refractivity contribution in [3.63, 3.8) is 0 Å². The van der Waals surface area contributed by atoms with Crippen LogP contribution in [0.4, 0.5) is 0 Å². The van der Waals surface area contributed by atoms with E-state index in [0.717, 1.165) is 11.5 Å². The Balaban J connectivity index is 2.53. The van der Waals surface area contributed by atoms with Crippen LogP contribution in [-0.2, 0) is 10.0 Å². The molecule has 0 radical (unpaired) electrons. The SMILES string of the molecule is Cc1c(C(=O)O)cc(Cl)cc1S(=O)(=O)N1CCSCC1. The zero-order valence-electron chi connectivity index (χ0n) is 10.8. The van der Waals surface area contributed by atoms with E-state index in [1.54, 1.807) is 11.8 Å². The monoisotopic (exact) mass is 335 g/mol. The molecule has 1 aromatic carbocycles. The lowest BCUT2D eigenvalue weighted by Crippen LogP contribution is -2.38. The number of hydrogen-bond acceptors (Lipinski definition) is 4. The Labute approximate surface area is 127 Å². The number of nitrogens with zero attached hydrogens (tertiary/aromatic N) is 1. The Hall–Kier alpha value is -0.760. The van der Waals surface area contributed by atoms with Crippen molar-refractivity contribution in [2.45, 2.75) is 11.8 Å². The molecule has 1 N–H and O–H groups in total. The van der Waals surface area contributed by atoms with Gasteiger partial charge in [0.05, 0.1) is 10.5 Å². The second kappa shape index (κ2) is 5.93. The van der Waals surface area contributed by atoms with E-state index in [2.05, 4.69) is 0 Å². The van der Waals surface area contributed by atoms with Gasteiger partial charge in [0.25, 0.3) is 0 Å². The van der Waals surface area contributed by atoms with Gasteiger partial charge in [-0.05, 0) is 24.6 Å². The Bertz CT molecular complexity index is 639. The lowest BCUT2D eigenvalue weighted by atomic mass is 10.1. The van der Waals surface area contributed by atoms with Crippen LogP contribution in [0.25, 0.3) is 0 Å². The maximum atomic E-state index is 12.6. The molecular weight excluding hydrogens is 322 g/mol. The van der Waals surface area contributed by atoms with Gasteiger partial charge in [0.1, 0.15) is 0 Å². The van der Waals surface area contributed by atoms with E-state index in [9.17, 15) is 13.2 Å². The molecule has 20 heavy (non-hydrogen) atoms. The molecule has 0 bridgehead atoms. The molecule has 0 aliphatic carbocycles. The highest BCUT2D eigenvalue weighted by molar-refractivity contribution is 7.99. The minimum atomic E-state index is -3.70. The van der Waals surface area contributed by atoms with Gasteiger partial charge in [-0.25, -0.2) is 13.2 Å². The second-order valence-electron chi connectivity index (χ2n) is 4.40. The van der Waals surface area contributed by atoms with Gasteiger partial charge >= 0.3 is 5.97 Å². The summed E-state index contributed by atoms with van der Waals surface area (Å²) in [5, 5.41) is 9.23. The summed E-state index contributed by atoms with van der Waals surface area (Å²) in [4.78, 5) is 11.1. The Morgan fingerprint density at radius 2 is 1.95 bits per heavy atom. The van der Waals surface area contributed by atoms with Gasteiger partial charge in [0, 0.05) is 29.6 Å². The van der Waals surface area contributed by atoms with Crippen LogP contribution in [0.1, 0.15) is 15.9 Å². The zero-order chi connectivity index (χ0) is 14.9. The fourth-order valence-electron chi connectivity index (χ4n) is 2.07. The topological polar surface area (TPSA) is 74.7 Å². The molecule has 1 heterocycles. The number of carboxylic acid groups (broad SMARTS) is 1. The molecule has 1 aliphatic heterocycles. The van der Waals surface area contributed by atoms with Crippen molar-refractivity contribution in [1.82, 2.24) is 4.31 Å². The highest BCUT2D eigenvalue weighted by Crippen LogP contribution is 2.28. The highest BCUT2D eigenvalue weighted by Gasteiger charge is 2.29. The molecule has 0 saturated carbocycles. The molecule has 1 aliphatic rings. The minimum absolute atomic E-state index is 0.0192. The molecule has 0 aromatic heterocycles. The van der Waals surface area contributed by atoms with Crippen molar-refractivity contribution < 1.29 is 18.3 Å². The fraction of sp³-hybridized carbons (Fsp3) is 0.417. The molecule has 0 amide bonds. The molecule has 0 atom stereocenters. The molecule has 8 heteroatoms.